The number of carboxylic acids is 1. The van der Waals surface area contributed by atoms with Gasteiger partial charge in [0.25, 0.3) is 0 Å². The van der Waals surface area contributed by atoms with Gasteiger partial charge in [-0.05, 0) is 18.1 Å². The second-order valence-electron chi connectivity index (χ2n) is 5.46. The number of hydrogen-bond acceptors (Lipinski definition) is 2. The molecular weight excluding hydrogens is 282 g/mol. The molecule has 6 nitrogen and oxygen atoms in total. The van der Waals surface area contributed by atoms with Crippen molar-refractivity contribution in [1.82, 2.24) is 15.2 Å². The average Bonchev–Trinajstić information content (AvgIpc) is 2.90. The Hall–Kier alpha value is -2.50. The number of carbonyl (C=O) groups excluding carboxylic acids is 1. The van der Waals surface area contributed by atoms with Crippen LogP contribution in [0.1, 0.15) is 12.5 Å². The van der Waals surface area contributed by atoms with Gasteiger partial charge in [0, 0.05) is 37.2 Å². The second-order valence-corrected chi connectivity index (χ2v) is 5.46. The summed E-state index contributed by atoms with van der Waals surface area (Å²) in [7, 11) is 1.60. The first kappa shape index (κ1) is 15.9. The van der Waals surface area contributed by atoms with E-state index in [2.05, 4.69) is 10.3 Å². The van der Waals surface area contributed by atoms with Gasteiger partial charge in [-0.25, -0.2) is 4.79 Å². The van der Waals surface area contributed by atoms with E-state index in [1.165, 1.54) is 4.90 Å². The van der Waals surface area contributed by atoms with Crippen LogP contribution < -0.4 is 5.32 Å². The van der Waals surface area contributed by atoms with E-state index in [0.717, 1.165) is 22.9 Å². The maximum Gasteiger partial charge on any atom is 0.317 e. The zero-order valence-electron chi connectivity index (χ0n) is 12.8. The first-order valence-corrected chi connectivity index (χ1v) is 7.25. The van der Waals surface area contributed by atoms with Crippen LogP contribution in [0.5, 0.6) is 0 Å². The Morgan fingerprint density at radius 1 is 1.36 bits per heavy atom. The molecular formula is C16H21N3O3. The molecule has 1 heterocycles. The van der Waals surface area contributed by atoms with Gasteiger partial charge in [0.15, 0.2) is 0 Å². The smallest absolute Gasteiger partial charge is 0.317 e. The number of H-pyrrole nitrogens is 1. The van der Waals surface area contributed by atoms with Crippen LogP contribution in [0.15, 0.2) is 30.5 Å². The van der Waals surface area contributed by atoms with Gasteiger partial charge in [0.2, 0.25) is 0 Å². The fourth-order valence-corrected chi connectivity index (χ4v) is 2.35. The largest absolute Gasteiger partial charge is 0.481 e. The summed E-state index contributed by atoms with van der Waals surface area (Å²) in [5.74, 6) is -1.48. The van der Waals surface area contributed by atoms with Crippen molar-refractivity contribution in [3.63, 3.8) is 0 Å². The summed E-state index contributed by atoms with van der Waals surface area (Å²) < 4.78 is 0. The van der Waals surface area contributed by atoms with Gasteiger partial charge < -0.3 is 20.3 Å². The summed E-state index contributed by atoms with van der Waals surface area (Å²) in [4.78, 5) is 27.3. The molecule has 2 rings (SSSR count). The summed E-state index contributed by atoms with van der Waals surface area (Å²) in [5, 5.41) is 12.8. The highest BCUT2D eigenvalue weighted by atomic mass is 16.4. The molecule has 2 amide bonds. The molecule has 1 aromatic carbocycles. The van der Waals surface area contributed by atoms with Gasteiger partial charge in [-0.3, -0.25) is 4.79 Å². The Labute approximate surface area is 129 Å². The van der Waals surface area contributed by atoms with Crippen molar-refractivity contribution < 1.29 is 14.7 Å². The van der Waals surface area contributed by atoms with E-state index >= 15 is 0 Å². The summed E-state index contributed by atoms with van der Waals surface area (Å²) in [5.41, 5.74) is 2.23. The molecule has 0 radical (unpaired) electrons. The predicted octanol–water partition coefficient (Wildman–Crippen LogP) is 2.07. The summed E-state index contributed by atoms with van der Waals surface area (Å²) in [6.45, 7) is 2.28. The molecule has 0 fully saturated rings. The van der Waals surface area contributed by atoms with Crippen molar-refractivity contribution in [2.45, 2.75) is 13.3 Å². The van der Waals surface area contributed by atoms with E-state index in [4.69, 9.17) is 5.11 Å². The average molecular weight is 303 g/mol. The molecule has 3 N–H and O–H groups in total. The summed E-state index contributed by atoms with van der Waals surface area (Å²) in [6.07, 6.45) is 2.67. The lowest BCUT2D eigenvalue weighted by molar-refractivity contribution is -0.141. The number of benzene rings is 1. The van der Waals surface area contributed by atoms with Crippen LogP contribution in [-0.4, -0.2) is 47.1 Å². The standard InChI is InChI=1S/C16H21N3O3/c1-11(15(20)21)10-19(2)16(22)17-8-7-12-9-18-14-6-4-3-5-13(12)14/h3-6,9,11,18H,7-8,10H2,1-2H3,(H,17,22)(H,20,21). The maximum atomic E-state index is 11.9. The number of nitrogens with one attached hydrogen (secondary N) is 2. The number of carboxylic acid groups (broad SMARTS) is 1. The number of aromatic nitrogens is 1. The van der Waals surface area contributed by atoms with Crippen LogP contribution in [-0.2, 0) is 11.2 Å². The van der Waals surface area contributed by atoms with Crippen LogP contribution in [0.3, 0.4) is 0 Å². The first-order valence-electron chi connectivity index (χ1n) is 7.25. The fourth-order valence-electron chi connectivity index (χ4n) is 2.35. The molecule has 0 aliphatic carbocycles. The van der Waals surface area contributed by atoms with Crippen molar-refractivity contribution in [2.24, 2.45) is 5.92 Å². The molecule has 22 heavy (non-hydrogen) atoms. The highest BCUT2D eigenvalue weighted by molar-refractivity contribution is 5.83. The Balaban J connectivity index is 1.83. The molecule has 0 saturated heterocycles. The van der Waals surface area contributed by atoms with E-state index in [0.29, 0.717) is 6.54 Å². The number of aromatic amines is 1. The van der Waals surface area contributed by atoms with E-state index in [-0.39, 0.29) is 12.6 Å². The molecule has 0 saturated carbocycles. The monoisotopic (exact) mass is 303 g/mol. The minimum Gasteiger partial charge on any atom is -0.481 e. The number of nitrogens with zero attached hydrogens (tertiary/aromatic N) is 1. The van der Waals surface area contributed by atoms with Crippen molar-refractivity contribution in [3.05, 3.63) is 36.0 Å². The number of fused-ring (bicyclic) bond motifs is 1. The lowest BCUT2D eigenvalue weighted by Gasteiger charge is -2.19. The molecule has 118 valence electrons. The van der Waals surface area contributed by atoms with Crippen LogP contribution in [0.2, 0.25) is 0 Å². The van der Waals surface area contributed by atoms with Crippen LogP contribution >= 0.6 is 0 Å². The third kappa shape index (κ3) is 3.78. The van der Waals surface area contributed by atoms with Gasteiger partial charge in [0.05, 0.1) is 5.92 Å². The molecule has 2 aromatic rings. The lowest BCUT2D eigenvalue weighted by atomic mass is 10.1. The third-order valence-electron chi connectivity index (χ3n) is 3.66. The molecule has 0 spiro atoms. The van der Waals surface area contributed by atoms with Gasteiger partial charge in [-0.2, -0.15) is 0 Å². The van der Waals surface area contributed by atoms with Gasteiger partial charge in [0.1, 0.15) is 0 Å². The van der Waals surface area contributed by atoms with Crippen molar-refractivity contribution >= 4 is 22.9 Å². The molecule has 1 unspecified atom stereocenters. The molecule has 1 aromatic heterocycles. The minimum absolute atomic E-state index is 0.189. The molecule has 1 atom stereocenters. The number of urea groups is 1. The number of amides is 2. The van der Waals surface area contributed by atoms with E-state index in [1.807, 2.05) is 30.5 Å². The minimum atomic E-state index is -0.904. The van der Waals surface area contributed by atoms with Gasteiger partial charge >= 0.3 is 12.0 Å². The Morgan fingerprint density at radius 3 is 2.82 bits per heavy atom. The number of carbonyl (C=O) groups is 2. The number of rotatable bonds is 6. The topological polar surface area (TPSA) is 85.4 Å². The first-order chi connectivity index (χ1) is 10.5. The third-order valence-corrected chi connectivity index (χ3v) is 3.66. The molecule has 0 bridgehead atoms. The van der Waals surface area contributed by atoms with Crippen LogP contribution in [0.4, 0.5) is 4.79 Å². The van der Waals surface area contributed by atoms with Gasteiger partial charge in [-0.15, -0.1) is 0 Å². The summed E-state index contributed by atoms with van der Waals surface area (Å²) >= 11 is 0. The second kappa shape index (κ2) is 6.98. The van der Waals surface area contributed by atoms with E-state index < -0.39 is 11.9 Å². The Bertz CT molecular complexity index is 665. The zero-order valence-corrected chi connectivity index (χ0v) is 12.8. The molecule has 0 aliphatic heterocycles. The number of aliphatic carboxylic acids is 1. The SMILES string of the molecule is CC(CN(C)C(=O)NCCc1c[nH]c2ccccc12)C(=O)O. The lowest BCUT2D eigenvalue weighted by Crippen LogP contribution is -2.41. The molecule has 6 heteroatoms. The Kier molecular flexibility index (Phi) is 5.04. The highest BCUT2D eigenvalue weighted by Crippen LogP contribution is 2.17. The highest BCUT2D eigenvalue weighted by Gasteiger charge is 2.17. The normalized spacial score (nSPS) is 12.1. The predicted molar refractivity (Wildman–Crippen MR) is 84.8 cm³/mol. The number of hydrogen-bond donors (Lipinski definition) is 3. The van der Waals surface area contributed by atoms with Gasteiger partial charge in [-0.1, -0.05) is 25.1 Å². The van der Waals surface area contributed by atoms with E-state index in [1.54, 1.807) is 14.0 Å². The van der Waals surface area contributed by atoms with Crippen LogP contribution in [0.25, 0.3) is 10.9 Å². The molecule has 0 aliphatic rings. The Morgan fingerprint density at radius 2 is 2.09 bits per heavy atom. The van der Waals surface area contributed by atoms with Crippen molar-refractivity contribution in [3.8, 4) is 0 Å². The fraction of sp³-hybridized carbons (Fsp3) is 0.375. The number of para-hydroxylation sites is 1. The van der Waals surface area contributed by atoms with E-state index in [9.17, 15) is 9.59 Å². The van der Waals surface area contributed by atoms with Crippen molar-refractivity contribution in [2.75, 3.05) is 20.1 Å². The maximum absolute atomic E-state index is 11.9. The zero-order chi connectivity index (χ0) is 16.1. The van der Waals surface area contributed by atoms with Crippen molar-refractivity contribution in [1.29, 1.82) is 0 Å². The van der Waals surface area contributed by atoms with Crippen LogP contribution in [0, 0.1) is 5.92 Å². The summed E-state index contributed by atoms with van der Waals surface area (Å²) in [6, 6.07) is 7.76. The quantitative estimate of drug-likeness (QED) is 0.763.